The van der Waals surface area contributed by atoms with Crippen LogP contribution in [-0.4, -0.2) is 60.0 Å². The van der Waals surface area contributed by atoms with Gasteiger partial charge in [-0.05, 0) is 42.6 Å². The van der Waals surface area contributed by atoms with Crippen molar-refractivity contribution in [2.45, 2.75) is 40.7 Å². The highest BCUT2D eigenvalue weighted by Crippen LogP contribution is 2.19. The van der Waals surface area contributed by atoms with Gasteiger partial charge in [-0.25, -0.2) is 9.97 Å². The van der Waals surface area contributed by atoms with Gasteiger partial charge in [-0.1, -0.05) is 27.7 Å². The molecule has 1 aliphatic heterocycles. The van der Waals surface area contributed by atoms with Crippen LogP contribution in [0.4, 0.5) is 11.5 Å². The highest BCUT2D eigenvalue weighted by Gasteiger charge is 2.17. The molecule has 0 bridgehead atoms. The number of anilines is 2. The van der Waals surface area contributed by atoms with Gasteiger partial charge in [0.05, 0.1) is 0 Å². The highest BCUT2D eigenvalue weighted by atomic mass is 16.1. The Morgan fingerprint density at radius 1 is 1.15 bits per heavy atom. The fourth-order valence-corrected chi connectivity index (χ4v) is 3.74. The first-order chi connectivity index (χ1) is 15.8. The first kappa shape index (κ1) is 24.5. The molecule has 0 atom stereocenters. The molecule has 1 fully saturated rings. The summed E-state index contributed by atoms with van der Waals surface area (Å²) in [6.45, 7) is 14.8. The molecular formula is C25H35N7O. The van der Waals surface area contributed by atoms with Crippen LogP contribution in [0, 0.1) is 16.7 Å². The molecule has 1 aromatic carbocycles. The standard InChI is InChI=1S/C25H35N7O/c1-5-10-31-11-13-32(14-12-31)21-8-6-19(7-9-21)24(33)28-17-20-16-27-22(15-26)30-23(20)29-18-25(2,3)4/h6-9,16H,5,10-14,17-18H2,1-4H3,(H,28,33)(H,27,29,30). The molecule has 2 aromatic rings. The van der Waals surface area contributed by atoms with Crippen LogP contribution in [0.1, 0.15) is 55.9 Å². The van der Waals surface area contributed by atoms with E-state index in [1.165, 1.54) is 6.42 Å². The first-order valence-electron chi connectivity index (χ1n) is 11.6. The quantitative estimate of drug-likeness (QED) is 0.638. The average molecular weight is 450 g/mol. The molecular weight excluding hydrogens is 414 g/mol. The molecule has 0 saturated carbocycles. The number of benzene rings is 1. The Bertz CT molecular complexity index is 968. The predicted octanol–water partition coefficient (Wildman–Crippen LogP) is 3.27. The molecule has 1 amide bonds. The smallest absolute Gasteiger partial charge is 0.251 e. The second-order valence-electron chi connectivity index (χ2n) is 9.65. The lowest BCUT2D eigenvalue weighted by Gasteiger charge is -2.36. The van der Waals surface area contributed by atoms with Gasteiger partial charge in [-0.3, -0.25) is 9.69 Å². The van der Waals surface area contributed by atoms with Gasteiger partial charge in [0.15, 0.2) is 0 Å². The van der Waals surface area contributed by atoms with Crippen molar-refractivity contribution in [1.82, 2.24) is 20.2 Å². The minimum Gasteiger partial charge on any atom is -0.369 e. The summed E-state index contributed by atoms with van der Waals surface area (Å²) in [5, 5.41) is 15.4. The monoisotopic (exact) mass is 449 g/mol. The fraction of sp³-hybridized carbons (Fsp3) is 0.520. The van der Waals surface area contributed by atoms with Gasteiger partial charge in [0.2, 0.25) is 5.82 Å². The van der Waals surface area contributed by atoms with Crippen molar-refractivity contribution in [2.24, 2.45) is 5.41 Å². The number of carbonyl (C=O) groups is 1. The maximum absolute atomic E-state index is 12.7. The lowest BCUT2D eigenvalue weighted by atomic mass is 9.97. The van der Waals surface area contributed by atoms with Crippen LogP contribution in [0.3, 0.4) is 0 Å². The Labute approximate surface area is 197 Å². The molecule has 176 valence electrons. The number of carbonyl (C=O) groups excluding carboxylic acids is 1. The summed E-state index contributed by atoms with van der Waals surface area (Å²) in [7, 11) is 0. The van der Waals surface area contributed by atoms with Crippen molar-refractivity contribution >= 4 is 17.4 Å². The Morgan fingerprint density at radius 2 is 1.85 bits per heavy atom. The van der Waals surface area contributed by atoms with Crippen LogP contribution in [0.25, 0.3) is 0 Å². The molecule has 0 spiro atoms. The Morgan fingerprint density at radius 3 is 2.45 bits per heavy atom. The van der Waals surface area contributed by atoms with Crippen LogP contribution >= 0.6 is 0 Å². The number of nitrogens with zero attached hydrogens (tertiary/aromatic N) is 5. The third-order valence-electron chi connectivity index (χ3n) is 5.60. The van der Waals surface area contributed by atoms with Gasteiger partial charge in [0, 0.05) is 62.3 Å². The van der Waals surface area contributed by atoms with E-state index in [4.69, 9.17) is 5.26 Å². The minimum absolute atomic E-state index is 0.0443. The number of hydrogen-bond donors (Lipinski definition) is 2. The zero-order valence-electron chi connectivity index (χ0n) is 20.2. The number of hydrogen-bond acceptors (Lipinski definition) is 7. The highest BCUT2D eigenvalue weighted by molar-refractivity contribution is 5.94. The number of rotatable bonds is 8. The van der Waals surface area contributed by atoms with Gasteiger partial charge >= 0.3 is 0 Å². The molecule has 0 aliphatic carbocycles. The third kappa shape index (κ3) is 7.16. The summed E-state index contributed by atoms with van der Waals surface area (Å²) >= 11 is 0. The zero-order chi connectivity index (χ0) is 23.8. The predicted molar refractivity (Wildman–Crippen MR) is 131 cm³/mol. The third-order valence-corrected chi connectivity index (χ3v) is 5.60. The van der Waals surface area contributed by atoms with Gasteiger partial charge in [0.25, 0.3) is 5.91 Å². The average Bonchev–Trinajstić information content (AvgIpc) is 2.81. The van der Waals surface area contributed by atoms with Crippen molar-refractivity contribution in [3.63, 3.8) is 0 Å². The van der Waals surface area contributed by atoms with Crippen molar-refractivity contribution < 1.29 is 4.79 Å². The lowest BCUT2D eigenvalue weighted by Crippen LogP contribution is -2.46. The van der Waals surface area contributed by atoms with Crippen LogP contribution in [-0.2, 0) is 6.54 Å². The maximum Gasteiger partial charge on any atom is 0.251 e. The first-order valence-corrected chi connectivity index (χ1v) is 11.6. The van der Waals surface area contributed by atoms with E-state index in [0.717, 1.165) is 44.0 Å². The van der Waals surface area contributed by atoms with Gasteiger partial charge in [0.1, 0.15) is 11.9 Å². The molecule has 3 rings (SSSR count). The maximum atomic E-state index is 12.7. The van der Waals surface area contributed by atoms with Crippen LogP contribution in [0.5, 0.6) is 0 Å². The molecule has 0 radical (unpaired) electrons. The number of aromatic nitrogens is 2. The molecule has 2 heterocycles. The van der Waals surface area contributed by atoms with Crippen LogP contribution in [0.15, 0.2) is 30.5 Å². The van der Waals surface area contributed by atoms with E-state index in [-0.39, 0.29) is 23.7 Å². The summed E-state index contributed by atoms with van der Waals surface area (Å²) in [5.74, 6) is 0.530. The molecule has 8 heteroatoms. The van der Waals surface area contributed by atoms with E-state index in [1.54, 1.807) is 6.20 Å². The van der Waals surface area contributed by atoms with Crippen molar-refractivity contribution in [3.05, 3.63) is 47.4 Å². The molecule has 1 aromatic heterocycles. The second kappa shape index (κ2) is 11.1. The van der Waals surface area contributed by atoms with E-state index in [2.05, 4.69) is 58.1 Å². The van der Waals surface area contributed by atoms with E-state index in [0.29, 0.717) is 17.9 Å². The van der Waals surface area contributed by atoms with Gasteiger partial charge < -0.3 is 15.5 Å². The normalized spacial score (nSPS) is 14.6. The van der Waals surface area contributed by atoms with E-state index in [1.807, 2.05) is 30.3 Å². The van der Waals surface area contributed by atoms with Crippen molar-refractivity contribution in [3.8, 4) is 6.07 Å². The second-order valence-corrected chi connectivity index (χ2v) is 9.65. The summed E-state index contributed by atoms with van der Waals surface area (Å²) in [6, 6.07) is 9.75. The summed E-state index contributed by atoms with van der Waals surface area (Å²) < 4.78 is 0. The summed E-state index contributed by atoms with van der Waals surface area (Å²) in [4.78, 5) is 25.9. The molecule has 33 heavy (non-hydrogen) atoms. The van der Waals surface area contributed by atoms with Crippen molar-refractivity contribution in [1.29, 1.82) is 5.26 Å². The Hall–Kier alpha value is -3.18. The van der Waals surface area contributed by atoms with Crippen LogP contribution in [0.2, 0.25) is 0 Å². The van der Waals surface area contributed by atoms with Crippen molar-refractivity contribution in [2.75, 3.05) is 49.5 Å². The lowest BCUT2D eigenvalue weighted by molar-refractivity contribution is 0.0951. The SMILES string of the molecule is CCCN1CCN(c2ccc(C(=O)NCc3cnc(C#N)nc3NCC(C)(C)C)cc2)CC1. The van der Waals surface area contributed by atoms with E-state index in [9.17, 15) is 4.79 Å². The van der Waals surface area contributed by atoms with Gasteiger partial charge in [-0.15, -0.1) is 0 Å². The minimum atomic E-state index is -0.152. The fourth-order valence-electron chi connectivity index (χ4n) is 3.74. The van der Waals surface area contributed by atoms with E-state index < -0.39 is 0 Å². The molecule has 1 saturated heterocycles. The Kier molecular flexibility index (Phi) is 8.23. The van der Waals surface area contributed by atoms with E-state index >= 15 is 0 Å². The molecule has 1 aliphatic rings. The molecule has 8 nitrogen and oxygen atoms in total. The Balaban J connectivity index is 1.59. The number of amides is 1. The summed E-state index contributed by atoms with van der Waals surface area (Å²) in [6.07, 6.45) is 2.78. The summed E-state index contributed by atoms with van der Waals surface area (Å²) in [5.41, 5.74) is 2.55. The topological polar surface area (TPSA) is 97.2 Å². The zero-order valence-corrected chi connectivity index (χ0v) is 20.2. The largest absolute Gasteiger partial charge is 0.369 e. The molecule has 2 N–H and O–H groups in total. The number of nitriles is 1. The van der Waals surface area contributed by atoms with Crippen LogP contribution < -0.4 is 15.5 Å². The van der Waals surface area contributed by atoms with Gasteiger partial charge in [-0.2, -0.15) is 5.26 Å². The molecule has 0 unspecified atom stereocenters. The number of nitrogens with one attached hydrogen (secondary N) is 2. The number of piperazine rings is 1.